The Balaban J connectivity index is 1.43. The van der Waals surface area contributed by atoms with Crippen LogP contribution in [0.2, 0.25) is 0 Å². The van der Waals surface area contributed by atoms with E-state index in [4.69, 9.17) is 18.9 Å². The van der Waals surface area contributed by atoms with Crippen molar-refractivity contribution in [3.05, 3.63) is 144 Å². The Kier molecular flexibility index (Phi) is 8.28. The van der Waals surface area contributed by atoms with E-state index < -0.39 is 42.1 Å². The minimum atomic E-state index is -1.05. The number of nitrogens with zero attached hydrogens (tertiary/aromatic N) is 1. The molecule has 0 aliphatic carbocycles. The van der Waals surface area contributed by atoms with Crippen LogP contribution in [0.25, 0.3) is 10.9 Å². The summed E-state index contributed by atoms with van der Waals surface area (Å²) in [5.41, 5.74) is 2.30. The fourth-order valence-corrected chi connectivity index (χ4v) is 6.05. The number of ether oxygens (including phenoxy) is 4. The first kappa shape index (κ1) is 29.3. The molecule has 5 aromatic rings. The Labute approximate surface area is 254 Å². The van der Waals surface area contributed by atoms with Crippen molar-refractivity contribution in [1.29, 1.82) is 0 Å². The lowest BCUT2D eigenvalue weighted by molar-refractivity contribution is -0.166. The van der Waals surface area contributed by atoms with Crippen LogP contribution in [0.15, 0.2) is 121 Å². The zero-order valence-corrected chi connectivity index (χ0v) is 24.3. The molecule has 7 nitrogen and oxygen atoms in total. The van der Waals surface area contributed by atoms with Crippen molar-refractivity contribution in [1.82, 2.24) is 4.57 Å². The van der Waals surface area contributed by atoms with Gasteiger partial charge in [-0.1, -0.05) is 91.0 Å². The third kappa shape index (κ3) is 5.62. The Bertz CT molecular complexity index is 1640. The number of esters is 2. The first-order chi connectivity index (χ1) is 21.4. The number of halogens is 1. The largest absolute Gasteiger partial charge is 0.456 e. The first-order valence-corrected chi connectivity index (χ1v) is 14.4. The lowest BCUT2D eigenvalue weighted by Crippen LogP contribution is -2.42. The highest BCUT2D eigenvalue weighted by atomic mass is 19.1. The van der Waals surface area contributed by atoms with E-state index in [-0.39, 0.29) is 12.4 Å². The third-order valence-corrected chi connectivity index (χ3v) is 7.85. The van der Waals surface area contributed by atoms with Crippen molar-refractivity contribution in [2.75, 3.05) is 6.61 Å². The van der Waals surface area contributed by atoms with Gasteiger partial charge in [-0.25, -0.2) is 4.39 Å². The highest BCUT2D eigenvalue weighted by molar-refractivity contribution is 5.80. The quantitative estimate of drug-likeness (QED) is 0.143. The van der Waals surface area contributed by atoms with Gasteiger partial charge >= 0.3 is 11.9 Å². The van der Waals surface area contributed by atoms with Crippen LogP contribution in [0.1, 0.15) is 36.8 Å². The molecule has 2 heterocycles. The van der Waals surface area contributed by atoms with Gasteiger partial charge in [-0.3, -0.25) is 9.59 Å². The summed E-state index contributed by atoms with van der Waals surface area (Å²) in [5.74, 6) is -1.49. The molecular formula is C36H32FNO6. The molecule has 0 saturated carbocycles. The molecule has 1 aliphatic rings. The minimum absolute atomic E-state index is 0.0290. The van der Waals surface area contributed by atoms with Gasteiger partial charge in [0.1, 0.15) is 17.5 Å². The van der Waals surface area contributed by atoms with Gasteiger partial charge < -0.3 is 23.5 Å². The topological polar surface area (TPSA) is 76.0 Å². The second kappa shape index (κ2) is 12.4. The monoisotopic (exact) mass is 593 g/mol. The van der Waals surface area contributed by atoms with Gasteiger partial charge in [0.2, 0.25) is 0 Å². The maximum Gasteiger partial charge on any atom is 0.303 e. The van der Waals surface area contributed by atoms with Crippen LogP contribution in [0, 0.1) is 5.82 Å². The molecule has 8 heteroatoms. The van der Waals surface area contributed by atoms with E-state index in [0.29, 0.717) is 10.9 Å². The Morgan fingerprint density at radius 3 is 1.80 bits per heavy atom. The highest BCUT2D eigenvalue weighted by Crippen LogP contribution is 2.43. The summed E-state index contributed by atoms with van der Waals surface area (Å²) in [6.45, 7) is 2.56. The van der Waals surface area contributed by atoms with Crippen LogP contribution >= 0.6 is 0 Å². The summed E-state index contributed by atoms with van der Waals surface area (Å²) < 4.78 is 40.8. The average Bonchev–Trinajstić information content (AvgIpc) is 3.59. The summed E-state index contributed by atoms with van der Waals surface area (Å²) in [6.07, 6.45) is -1.95. The lowest BCUT2D eigenvalue weighted by Gasteiger charge is -2.37. The van der Waals surface area contributed by atoms with E-state index in [9.17, 15) is 14.0 Å². The number of carbonyl (C=O) groups is 2. The molecule has 4 unspecified atom stereocenters. The summed E-state index contributed by atoms with van der Waals surface area (Å²) in [5, 5.41) is 0.648. The standard InChI is InChI=1S/C36H32FNO6/c1-24(39)42-33-32(44-35(34(33)43-25(2)40)38-21-20-26-22-30(37)18-19-31(26)38)23-41-36(27-12-6-3-7-13-27,28-14-8-4-9-15-28)29-16-10-5-11-17-29/h3-22,32-35H,23H2,1-2H3. The van der Waals surface area contributed by atoms with Gasteiger partial charge in [-0.2, -0.15) is 0 Å². The number of hydrogen-bond acceptors (Lipinski definition) is 6. The summed E-state index contributed by atoms with van der Waals surface area (Å²) >= 11 is 0. The molecule has 44 heavy (non-hydrogen) atoms. The summed E-state index contributed by atoms with van der Waals surface area (Å²) in [7, 11) is 0. The summed E-state index contributed by atoms with van der Waals surface area (Å²) in [4.78, 5) is 24.7. The van der Waals surface area contributed by atoms with E-state index in [2.05, 4.69) is 0 Å². The first-order valence-electron chi connectivity index (χ1n) is 14.4. The molecule has 224 valence electrons. The van der Waals surface area contributed by atoms with Crippen molar-refractivity contribution in [2.45, 2.75) is 44.0 Å². The van der Waals surface area contributed by atoms with Crippen LogP contribution < -0.4 is 0 Å². The lowest BCUT2D eigenvalue weighted by atomic mass is 9.80. The van der Waals surface area contributed by atoms with E-state index in [1.807, 2.05) is 91.0 Å². The molecule has 0 N–H and O–H groups in total. The second-order valence-electron chi connectivity index (χ2n) is 10.7. The van der Waals surface area contributed by atoms with Crippen molar-refractivity contribution in [3.63, 3.8) is 0 Å². The maximum atomic E-state index is 14.0. The van der Waals surface area contributed by atoms with Gasteiger partial charge in [0.15, 0.2) is 18.4 Å². The molecule has 0 amide bonds. The molecular weight excluding hydrogens is 561 g/mol. The zero-order chi connectivity index (χ0) is 30.7. The molecule has 0 spiro atoms. The average molecular weight is 594 g/mol. The summed E-state index contributed by atoms with van der Waals surface area (Å²) in [6, 6.07) is 35.8. The number of hydrogen-bond donors (Lipinski definition) is 0. The molecule has 4 atom stereocenters. The molecule has 0 bridgehead atoms. The number of rotatable bonds is 9. The fourth-order valence-electron chi connectivity index (χ4n) is 6.05. The van der Waals surface area contributed by atoms with Crippen LogP contribution in [0.4, 0.5) is 4.39 Å². The number of fused-ring (bicyclic) bond motifs is 1. The molecule has 1 saturated heterocycles. The van der Waals surface area contributed by atoms with Crippen LogP contribution in [-0.2, 0) is 34.1 Å². The molecule has 1 aromatic heterocycles. The Morgan fingerprint density at radius 1 is 0.750 bits per heavy atom. The normalized spacial score (nSPS) is 20.0. The molecule has 4 aromatic carbocycles. The van der Waals surface area contributed by atoms with E-state index in [0.717, 1.165) is 16.7 Å². The van der Waals surface area contributed by atoms with Gasteiger partial charge in [-0.15, -0.1) is 0 Å². The van der Waals surface area contributed by atoms with Crippen molar-refractivity contribution >= 4 is 22.8 Å². The number of aromatic nitrogens is 1. The minimum Gasteiger partial charge on any atom is -0.456 e. The van der Waals surface area contributed by atoms with Gasteiger partial charge in [0.05, 0.1) is 12.1 Å². The van der Waals surface area contributed by atoms with E-state index in [1.54, 1.807) is 22.9 Å². The van der Waals surface area contributed by atoms with Gasteiger partial charge in [0, 0.05) is 25.4 Å². The van der Waals surface area contributed by atoms with Crippen molar-refractivity contribution < 1.29 is 32.9 Å². The van der Waals surface area contributed by atoms with Crippen LogP contribution in [-0.4, -0.2) is 41.4 Å². The fraction of sp³-hybridized carbons (Fsp3) is 0.222. The molecule has 0 radical (unpaired) electrons. The van der Waals surface area contributed by atoms with Crippen molar-refractivity contribution in [2.24, 2.45) is 0 Å². The predicted octanol–water partition coefficient (Wildman–Crippen LogP) is 6.55. The maximum absolute atomic E-state index is 14.0. The molecule has 1 aliphatic heterocycles. The van der Waals surface area contributed by atoms with E-state index in [1.165, 1.54) is 26.0 Å². The predicted molar refractivity (Wildman–Crippen MR) is 162 cm³/mol. The molecule has 1 fully saturated rings. The van der Waals surface area contributed by atoms with E-state index >= 15 is 0 Å². The smallest absolute Gasteiger partial charge is 0.303 e. The van der Waals surface area contributed by atoms with Crippen LogP contribution in [0.5, 0.6) is 0 Å². The zero-order valence-electron chi connectivity index (χ0n) is 24.3. The van der Waals surface area contributed by atoms with Gasteiger partial charge in [0.25, 0.3) is 0 Å². The highest BCUT2D eigenvalue weighted by Gasteiger charge is 2.51. The van der Waals surface area contributed by atoms with Crippen LogP contribution in [0.3, 0.4) is 0 Å². The SMILES string of the molecule is CC(=O)OC1C(COC(c2ccccc2)(c2ccccc2)c2ccccc2)OC(n2ccc3cc(F)ccc32)C1OC(C)=O. The number of benzene rings is 4. The Hall–Kier alpha value is -4.79. The van der Waals surface area contributed by atoms with Crippen molar-refractivity contribution in [3.8, 4) is 0 Å². The van der Waals surface area contributed by atoms with Gasteiger partial charge in [-0.05, 0) is 41.0 Å². The second-order valence-corrected chi connectivity index (χ2v) is 10.7. The third-order valence-electron chi connectivity index (χ3n) is 7.85. The Morgan fingerprint density at radius 2 is 1.27 bits per heavy atom. The molecule has 6 rings (SSSR count). The number of carbonyl (C=O) groups excluding carboxylic acids is 2.